The fourth-order valence-electron chi connectivity index (χ4n) is 5.94. The molecule has 0 spiro atoms. The summed E-state index contributed by atoms with van der Waals surface area (Å²) in [4.78, 5) is 22.8. The predicted octanol–water partition coefficient (Wildman–Crippen LogP) is 5.70. The lowest BCUT2D eigenvalue weighted by Gasteiger charge is -2.32. The van der Waals surface area contributed by atoms with Crippen LogP contribution in [-0.4, -0.2) is 48.9 Å². The van der Waals surface area contributed by atoms with Crippen LogP contribution in [0, 0.1) is 11.7 Å². The number of nitrogens with zero attached hydrogens (tertiary/aromatic N) is 2. The number of pyridine rings is 1. The minimum Gasteiger partial charge on any atom is -0.384 e. The summed E-state index contributed by atoms with van der Waals surface area (Å²) >= 11 is 0. The van der Waals surface area contributed by atoms with Crippen LogP contribution in [0.5, 0.6) is 0 Å². The predicted molar refractivity (Wildman–Crippen MR) is 143 cm³/mol. The van der Waals surface area contributed by atoms with E-state index in [1.807, 2.05) is 6.07 Å². The van der Waals surface area contributed by atoms with Crippen molar-refractivity contribution in [2.24, 2.45) is 5.92 Å². The molecule has 7 nitrogen and oxygen atoms in total. The van der Waals surface area contributed by atoms with Gasteiger partial charge in [-0.25, -0.2) is 4.39 Å². The zero-order chi connectivity index (χ0) is 26.3. The second-order valence-corrected chi connectivity index (χ2v) is 10.6. The highest BCUT2D eigenvalue weighted by atomic mass is 19.1. The lowest BCUT2D eigenvalue weighted by molar-refractivity contribution is -0.197. The number of benzene rings is 1. The van der Waals surface area contributed by atoms with Gasteiger partial charge in [0.1, 0.15) is 5.82 Å². The van der Waals surface area contributed by atoms with Crippen LogP contribution >= 0.6 is 0 Å². The molecule has 0 amide bonds. The number of ether oxygens (including phenoxy) is 2. The van der Waals surface area contributed by atoms with Gasteiger partial charge in [0.25, 0.3) is 0 Å². The maximum atomic E-state index is 14.6. The molecule has 3 aliphatic heterocycles. The number of rotatable bonds is 10. The summed E-state index contributed by atoms with van der Waals surface area (Å²) in [5.41, 5.74) is 5.24. The van der Waals surface area contributed by atoms with Crippen molar-refractivity contribution < 1.29 is 23.5 Å². The van der Waals surface area contributed by atoms with Crippen LogP contribution in [0.25, 0.3) is 0 Å². The molecule has 1 aromatic carbocycles. The molecule has 1 N–H and O–H groups in total. The molecule has 5 rings (SSSR count). The van der Waals surface area contributed by atoms with Gasteiger partial charge in [0.2, 0.25) is 0 Å². The minimum absolute atomic E-state index is 0.0557. The fourth-order valence-corrected chi connectivity index (χ4v) is 5.94. The van der Waals surface area contributed by atoms with Gasteiger partial charge >= 0.3 is 5.97 Å². The molecule has 3 atom stereocenters. The number of aromatic nitrogens is 1. The Morgan fingerprint density at radius 3 is 2.92 bits per heavy atom. The van der Waals surface area contributed by atoms with Gasteiger partial charge in [-0.2, -0.15) is 0 Å². The highest BCUT2D eigenvalue weighted by Crippen LogP contribution is 2.44. The van der Waals surface area contributed by atoms with Gasteiger partial charge in [-0.15, -0.1) is 5.06 Å². The van der Waals surface area contributed by atoms with Crippen molar-refractivity contribution in [1.29, 1.82) is 0 Å². The summed E-state index contributed by atoms with van der Waals surface area (Å²) in [6.45, 7) is 5.33. The SMILES string of the molecule is CCC(=O)ON1CCC(CCOCCc2ccc3c(n2)CCCN3)C1c1cc(F)ccc1[C@@H]1CCCCO1. The topological polar surface area (TPSA) is 72.9 Å². The summed E-state index contributed by atoms with van der Waals surface area (Å²) in [6, 6.07) is 8.95. The van der Waals surface area contributed by atoms with Gasteiger partial charge in [-0.1, -0.05) is 13.0 Å². The summed E-state index contributed by atoms with van der Waals surface area (Å²) in [5.74, 6) is -0.376. The standard InChI is InChI=1S/C30H40FN3O4/c1-2-29(35)38-34-16-12-21(13-18-36-19-14-23-9-11-26-27(33-23)6-5-15-32-26)30(34)25-20-22(31)8-10-24(25)28-7-3-4-17-37-28/h8-11,20-21,28,30,32H,2-7,12-19H2,1H3/t21?,28-,30?/m0/s1. The van der Waals surface area contributed by atoms with Gasteiger partial charge < -0.3 is 19.6 Å². The van der Waals surface area contributed by atoms with Crippen LogP contribution in [0.2, 0.25) is 0 Å². The van der Waals surface area contributed by atoms with Crippen LogP contribution in [0.3, 0.4) is 0 Å². The Labute approximate surface area is 225 Å². The average molecular weight is 526 g/mol. The van der Waals surface area contributed by atoms with Crippen molar-refractivity contribution >= 4 is 11.7 Å². The number of hydroxylamine groups is 2. The van der Waals surface area contributed by atoms with Crippen LogP contribution in [0.4, 0.5) is 10.1 Å². The normalized spacial score (nSPS) is 23.6. The Morgan fingerprint density at radius 1 is 1.16 bits per heavy atom. The van der Waals surface area contributed by atoms with Crippen molar-refractivity contribution in [3.63, 3.8) is 0 Å². The number of anilines is 1. The van der Waals surface area contributed by atoms with Crippen molar-refractivity contribution in [2.45, 2.75) is 76.9 Å². The van der Waals surface area contributed by atoms with E-state index < -0.39 is 0 Å². The molecule has 2 unspecified atom stereocenters. The zero-order valence-corrected chi connectivity index (χ0v) is 22.4. The molecule has 0 saturated carbocycles. The molecule has 206 valence electrons. The third kappa shape index (κ3) is 6.53. The zero-order valence-electron chi connectivity index (χ0n) is 22.4. The van der Waals surface area contributed by atoms with E-state index in [1.54, 1.807) is 18.1 Å². The molecule has 2 fully saturated rings. The maximum absolute atomic E-state index is 14.6. The first-order chi connectivity index (χ1) is 18.6. The van der Waals surface area contributed by atoms with Crippen molar-refractivity contribution in [1.82, 2.24) is 10.0 Å². The van der Waals surface area contributed by atoms with E-state index in [0.29, 0.717) is 32.8 Å². The molecule has 3 aliphatic rings. The van der Waals surface area contributed by atoms with E-state index >= 15 is 0 Å². The number of carbonyl (C=O) groups excluding carboxylic acids is 1. The Kier molecular flexibility index (Phi) is 9.25. The summed E-state index contributed by atoms with van der Waals surface area (Å²) in [5, 5.41) is 5.17. The number of fused-ring (bicyclic) bond motifs is 1. The van der Waals surface area contributed by atoms with E-state index in [2.05, 4.69) is 17.4 Å². The lowest BCUT2D eigenvalue weighted by Crippen LogP contribution is -2.30. The summed E-state index contributed by atoms with van der Waals surface area (Å²) in [7, 11) is 0. The number of aryl methyl sites for hydroxylation is 1. The molecular weight excluding hydrogens is 485 g/mol. The van der Waals surface area contributed by atoms with Crippen molar-refractivity contribution in [3.8, 4) is 0 Å². The van der Waals surface area contributed by atoms with E-state index in [-0.39, 0.29) is 29.9 Å². The highest BCUT2D eigenvalue weighted by Gasteiger charge is 2.40. The first kappa shape index (κ1) is 27.0. The largest absolute Gasteiger partial charge is 0.384 e. The second-order valence-electron chi connectivity index (χ2n) is 10.6. The van der Waals surface area contributed by atoms with Gasteiger partial charge in [-0.3, -0.25) is 9.78 Å². The van der Waals surface area contributed by atoms with Gasteiger partial charge in [0, 0.05) is 44.8 Å². The third-order valence-corrected chi connectivity index (χ3v) is 7.95. The highest BCUT2D eigenvalue weighted by molar-refractivity contribution is 5.68. The number of halogens is 1. The van der Waals surface area contributed by atoms with E-state index in [4.69, 9.17) is 19.3 Å². The number of carbonyl (C=O) groups is 1. The van der Waals surface area contributed by atoms with Crippen LogP contribution < -0.4 is 5.32 Å². The van der Waals surface area contributed by atoms with Crippen LogP contribution in [-0.2, 0) is 31.9 Å². The number of hydrogen-bond acceptors (Lipinski definition) is 7. The molecule has 0 bridgehead atoms. The van der Waals surface area contributed by atoms with Crippen molar-refractivity contribution in [2.75, 3.05) is 38.2 Å². The molecule has 0 aliphatic carbocycles. The summed E-state index contributed by atoms with van der Waals surface area (Å²) in [6.07, 6.45) is 7.86. The molecule has 38 heavy (non-hydrogen) atoms. The number of hydrogen-bond donors (Lipinski definition) is 1. The Bertz CT molecular complexity index is 1090. The fraction of sp³-hybridized carbons (Fsp3) is 0.600. The molecule has 4 heterocycles. The Balaban J connectivity index is 1.24. The van der Waals surface area contributed by atoms with Gasteiger partial charge in [0.15, 0.2) is 0 Å². The molecule has 8 heteroatoms. The van der Waals surface area contributed by atoms with Gasteiger partial charge in [-0.05, 0) is 86.3 Å². The van der Waals surface area contributed by atoms with Crippen molar-refractivity contribution in [3.05, 3.63) is 58.7 Å². The monoisotopic (exact) mass is 525 g/mol. The molecule has 2 saturated heterocycles. The lowest BCUT2D eigenvalue weighted by atomic mass is 9.86. The molecule has 2 aromatic rings. The quantitative estimate of drug-likeness (QED) is 0.399. The molecule has 0 radical (unpaired) electrons. The smallest absolute Gasteiger partial charge is 0.324 e. The molecule has 1 aromatic heterocycles. The number of nitrogens with one attached hydrogen (secondary N) is 1. The van der Waals surface area contributed by atoms with E-state index in [9.17, 15) is 9.18 Å². The average Bonchev–Trinajstić information content (AvgIpc) is 3.34. The van der Waals surface area contributed by atoms with Crippen LogP contribution in [0.15, 0.2) is 30.3 Å². The van der Waals surface area contributed by atoms with Crippen LogP contribution in [0.1, 0.15) is 86.5 Å². The molecular formula is C30H40FN3O4. The summed E-state index contributed by atoms with van der Waals surface area (Å²) < 4.78 is 26.7. The second kappa shape index (κ2) is 13.0. The first-order valence-electron chi connectivity index (χ1n) is 14.3. The van der Waals surface area contributed by atoms with Gasteiger partial charge in [0.05, 0.1) is 30.1 Å². The third-order valence-electron chi connectivity index (χ3n) is 7.95. The maximum Gasteiger partial charge on any atom is 0.324 e. The minimum atomic E-state index is -0.282. The van der Waals surface area contributed by atoms with E-state index in [1.165, 1.54) is 6.07 Å². The Hall–Kier alpha value is -2.55. The first-order valence-corrected chi connectivity index (χ1v) is 14.3. The Morgan fingerprint density at radius 2 is 2.08 bits per heavy atom. The van der Waals surface area contributed by atoms with E-state index in [0.717, 1.165) is 86.1 Å².